The van der Waals surface area contributed by atoms with Crippen LogP contribution in [0.1, 0.15) is 106 Å². The Labute approximate surface area is 179 Å². The molecule has 4 saturated carbocycles. The van der Waals surface area contributed by atoms with E-state index in [1.54, 1.807) is 0 Å². The summed E-state index contributed by atoms with van der Waals surface area (Å²) in [6, 6.07) is 0. The third-order valence-electron chi connectivity index (χ3n) is 11.4. The molecule has 0 spiro atoms. The van der Waals surface area contributed by atoms with Gasteiger partial charge in [-0.3, -0.25) is 4.79 Å². The van der Waals surface area contributed by atoms with Gasteiger partial charge in [0.15, 0.2) is 0 Å². The van der Waals surface area contributed by atoms with Crippen molar-refractivity contribution in [1.29, 1.82) is 0 Å². The molecule has 0 amide bonds. The van der Waals surface area contributed by atoms with Gasteiger partial charge in [0, 0.05) is 0 Å². The number of carboxylic acid groups (broad SMARTS) is 1. The van der Waals surface area contributed by atoms with Crippen LogP contribution in [0.3, 0.4) is 0 Å². The largest absolute Gasteiger partial charge is 0.481 e. The Morgan fingerprint density at radius 2 is 1.72 bits per heavy atom. The first kappa shape index (κ1) is 21.7. The van der Waals surface area contributed by atoms with E-state index in [1.165, 1.54) is 44.9 Å². The molecule has 29 heavy (non-hydrogen) atoms. The summed E-state index contributed by atoms with van der Waals surface area (Å²) in [6.07, 6.45) is 12.7. The Hall–Kier alpha value is -0.530. The first-order valence-electron chi connectivity index (χ1n) is 12.8. The summed E-state index contributed by atoms with van der Waals surface area (Å²) in [5.41, 5.74) is 0.0378. The summed E-state index contributed by atoms with van der Waals surface area (Å²) >= 11 is 0. The average Bonchev–Trinajstić information content (AvgIpc) is 3.21. The standard InChI is InChI=1S/C27H46O2/c1-17(2)8-7-9-18(3)21-10-11-22-20-16-27(24(28)29)19(4)12-15-26(27,6)23(20)13-14-25(21,22)5/h17-23H,7-16H2,1-6H3,(H,28,29)/t18-,19+,20+,21-,22+,23+,25-,26-,27-/m1/s1. The van der Waals surface area contributed by atoms with Crippen LogP contribution in [0.15, 0.2) is 0 Å². The molecular weight excluding hydrogens is 356 g/mol. The third-order valence-corrected chi connectivity index (χ3v) is 11.4. The van der Waals surface area contributed by atoms with Gasteiger partial charge in [-0.05, 0) is 97.2 Å². The van der Waals surface area contributed by atoms with Gasteiger partial charge < -0.3 is 5.11 Å². The molecule has 0 radical (unpaired) electrons. The van der Waals surface area contributed by atoms with Crippen molar-refractivity contribution >= 4 is 5.97 Å². The topological polar surface area (TPSA) is 37.3 Å². The maximum Gasteiger partial charge on any atom is 0.310 e. The van der Waals surface area contributed by atoms with Crippen LogP contribution in [0, 0.1) is 57.7 Å². The third kappa shape index (κ3) is 2.89. The van der Waals surface area contributed by atoms with Gasteiger partial charge in [-0.2, -0.15) is 0 Å². The number of hydrogen-bond donors (Lipinski definition) is 1. The van der Waals surface area contributed by atoms with Gasteiger partial charge in [0.2, 0.25) is 0 Å². The number of carbonyl (C=O) groups is 1. The lowest BCUT2D eigenvalue weighted by Crippen LogP contribution is -2.45. The molecule has 4 aliphatic carbocycles. The minimum absolute atomic E-state index is 0.0330. The molecule has 4 fully saturated rings. The van der Waals surface area contributed by atoms with Crippen molar-refractivity contribution in [2.24, 2.45) is 57.7 Å². The number of aliphatic carboxylic acids is 1. The summed E-state index contributed by atoms with van der Waals surface area (Å²) in [5.74, 6) is 4.44. The monoisotopic (exact) mass is 402 g/mol. The maximum atomic E-state index is 12.7. The molecule has 4 rings (SSSR count). The maximum absolute atomic E-state index is 12.7. The molecule has 0 aromatic carbocycles. The zero-order valence-electron chi connectivity index (χ0n) is 20.0. The predicted octanol–water partition coefficient (Wildman–Crippen LogP) is 7.42. The molecule has 4 aliphatic rings. The van der Waals surface area contributed by atoms with Gasteiger partial charge in [0.25, 0.3) is 0 Å². The van der Waals surface area contributed by atoms with Crippen LogP contribution in [0.2, 0.25) is 0 Å². The second kappa shape index (κ2) is 7.27. The normalized spacial score (nSPS) is 49.7. The number of rotatable bonds is 6. The molecule has 0 bridgehead atoms. The van der Waals surface area contributed by atoms with E-state index in [9.17, 15) is 9.90 Å². The summed E-state index contributed by atoms with van der Waals surface area (Å²) in [5, 5.41) is 10.4. The van der Waals surface area contributed by atoms with Crippen LogP contribution in [0.5, 0.6) is 0 Å². The Morgan fingerprint density at radius 3 is 2.38 bits per heavy atom. The molecule has 2 heteroatoms. The minimum atomic E-state index is -0.474. The summed E-state index contributed by atoms with van der Waals surface area (Å²) in [7, 11) is 0. The lowest BCUT2D eigenvalue weighted by molar-refractivity contribution is -0.157. The molecule has 0 aromatic rings. The van der Waals surface area contributed by atoms with E-state index in [-0.39, 0.29) is 5.41 Å². The molecule has 166 valence electrons. The van der Waals surface area contributed by atoms with Crippen LogP contribution in [-0.2, 0) is 4.79 Å². The molecule has 0 aromatic heterocycles. The molecule has 0 aliphatic heterocycles. The van der Waals surface area contributed by atoms with Gasteiger partial charge in [0.05, 0.1) is 5.41 Å². The Bertz CT molecular complexity index is 640. The van der Waals surface area contributed by atoms with Crippen LogP contribution in [0.25, 0.3) is 0 Å². The van der Waals surface area contributed by atoms with Crippen molar-refractivity contribution in [2.45, 2.75) is 106 Å². The van der Waals surface area contributed by atoms with Crippen molar-refractivity contribution < 1.29 is 9.90 Å². The smallest absolute Gasteiger partial charge is 0.310 e. The van der Waals surface area contributed by atoms with E-state index in [0.717, 1.165) is 42.9 Å². The predicted molar refractivity (Wildman–Crippen MR) is 120 cm³/mol. The lowest BCUT2D eigenvalue weighted by Gasteiger charge is -2.50. The van der Waals surface area contributed by atoms with Gasteiger partial charge in [0.1, 0.15) is 0 Å². The fourth-order valence-electron chi connectivity index (χ4n) is 9.80. The van der Waals surface area contributed by atoms with Crippen molar-refractivity contribution in [1.82, 2.24) is 0 Å². The fraction of sp³-hybridized carbons (Fsp3) is 0.963. The highest BCUT2D eigenvalue weighted by molar-refractivity contribution is 5.77. The van der Waals surface area contributed by atoms with E-state index in [1.807, 2.05) is 0 Å². The van der Waals surface area contributed by atoms with Crippen LogP contribution in [0.4, 0.5) is 0 Å². The van der Waals surface area contributed by atoms with E-state index in [2.05, 4.69) is 41.5 Å². The second-order valence-electron chi connectivity index (χ2n) is 12.7. The van der Waals surface area contributed by atoms with Gasteiger partial charge >= 0.3 is 5.97 Å². The van der Waals surface area contributed by atoms with E-state index < -0.39 is 11.4 Å². The quantitative estimate of drug-likeness (QED) is 0.502. The molecule has 9 atom stereocenters. The minimum Gasteiger partial charge on any atom is -0.481 e. The van der Waals surface area contributed by atoms with E-state index in [0.29, 0.717) is 23.2 Å². The van der Waals surface area contributed by atoms with E-state index >= 15 is 0 Å². The van der Waals surface area contributed by atoms with Crippen LogP contribution >= 0.6 is 0 Å². The average molecular weight is 403 g/mol. The van der Waals surface area contributed by atoms with E-state index in [4.69, 9.17) is 0 Å². The highest BCUT2D eigenvalue weighted by atomic mass is 16.4. The van der Waals surface area contributed by atoms with Crippen molar-refractivity contribution in [3.8, 4) is 0 Å². The zero-order valence-corrected chi connectivity index (χ0v) is 20.0. The summed E-state index contributed by atoms with van der Waals surface area (Å²) < 4.78 is 0. The van der Waals surface area contributed by atoms with Crippen LogP contribution in [-0.4, -0.2) is 11.1 Å². The van der Waals surface area contributed by atoms with Gasteiger partial charge in [-0.25, -0.2) is 0 Å². The first-order chi connectivity index (χ1) is 13.6. The highest BCUT2D eigenvalue weighted by Gasteiger charge is 2.73. The molecule has 0 saturated heterocycles. The Balaban J connectivity index is 1.55. The molecule has 0 heterocycles. The number of carboxylic acids is 1. The lowest BCUT2D eigenvalue weighted by atomic mass is 9.54. The Morgan fingerprint density at radius 1 is 1.00 bits per heavy atom. The first-order valence-corrected chi connectivity index (χ1v) is 12.8. The molecule has 0 unspecified atom stereocenters. The molecule has 1 N–H and O–H groups in total. The van der Waals surface area contributed by atoms with Crippen molar-refractivity contribution in [3.63, 3.8) is 0 Å². The zero-order chi connectivity index (χ0) is 21.2. The number of fused-ring (bicyclic) bond motifs is 5. The molecular formula is C27H46O2. The SMILES string of the molecule is CC(C)CCC[C@@H](C)[C@H]1CC[C@H]2[C@@H]3C[C@]4(C(=O)O)[C@@H](C)CC[C@]4(C)[C@H]3CC[C@]12C. The fourth-order valence-corrected chi connectivity index (χ4v) is 9.80. The summed E-state index contributed by atoms with van der Waals surface area (Å²) in [6.45, 7) is 14.4. The van der Waals surface area contributed by atoms with Crippen molar-refractivity contribution in [3.05, 3.63) is 0 Å². The van der Waals surface area contributed by atoms with Crippen LogP contribution < -0.4 is 0 Å². The Kier molecular flexibility index (Phi) is 5.43. The van der Waals surface area contributed by atoms with Crippen molar-refractivity contribution in [2.75, 3.05) is 0 Å². The van der Waals surface area contributed by atoms with Gasteiger partial charge in [-0.15, -0.1) is 0 Å². The second-order valence-corrected chi connectivity index (χ2v) is 12.7. The van der Waals surface area contributed by atoms with Gasteiger partial charge in [-0.1, -0.05) is 60.8 Å². The molecule has 2 nitrogen and oxygen atoms in total. The number of hydrogen-bond acceptors (Lipinski definition) is 1. The highest BCUT2D eigenvalue weighted by Crippen LogP contribution is 2.76. The summed E-state index contributed by atoms with van der Waals surface area (Å²) in [4.78, 5) is 12.7.